The number of hydrogen-bond donors (Lipinski definition) is 2. The van der Waals surface area contributed by atoms with Crippen LogP contribution in [0.15, 0.2) is 11.6 Å². The van der Waals surface area contributed by atoms with Crippen LogP contribution in [0.4, 0.5) is 0 Å². The molecule has 2 N–H and O–H groups in total. The molecule has 0 aromatic carbocycles. The number of carboxylic acid groups (broad SMARTS) is 1. The molecule has 4 rings (SSSR count). The van der Waals surface area contributed by atoms with E-state index >= 15 is 0 Å². The third-order valence-corrected chi connectivity index (χ3v) is 10.4. The number of carbonyl (C=O) groups is 2. The zero-order valence-electron chi connectivity index (χ0n) is 20.9. The number of amides is 1. The van der Waals surface area contributed by atoms with Gasteiger partial charge in [0.05, 0.1) is 13.2 Å². The Morgan fingerprint density at radius 2 is 1.94 bits per heavy atom. The third-order valence-electron chi connectivity index (χ3n) is 10.4. The van der Waals surface area contributed by atoms with E-state index in [1.165, 1.54) is 44.8 Å². The lowest BCUT2D eigenvalue weighted by Crippen LogP contribution is -2.50. The lowest BCUT2D eigenvalue weighted by Gasteiger charge is -2.58. The van der Waals surface area contributed by atoms with Gasteiger partial charge in [-0.3, -0.25) is 14.4 Å². The molecule has 4 aliphatic rings. The van der Waals surface area contributed by atoms with E-state index in [1.807, 2.05) is 0 Å². The number of rotatable bonds is 7. The maximum absolute atomic E-state index is 12.5. The number of aliphatic hydroxyl groups excluding tert-OH is 1. The second-order valence-corrected chi connectivity index (χ2v) is 11.9. The van der Waals surface area contributed by atoms with Crippen molar-refractivity contribution in [3.8, 4) is 0 Å². The highest BCUT2D eigenvalue weighted by Gasteiger charge is 2.59. The summed E-state index contributed by atoms with van der Waals surface area (Å²) >= 11 is 0. The Bertz CT molecular complexity index is 795. The molecule has 0 bridgehead atoms. The Labute approximate surface area is 198 Å². The largest absolute Gasteiger partial charge is 0.480 e. The molecular weight excluding hydrogens is 418 g/mol. The van der Waals surface area contributed by atoms with Gasteiger partial charge >= 0.3 is 5.97 Å². The van der Waals surface area contributed by atoms with Crippen LogP contribution < -0.4 is 0 Å². The number of allylic oxidation sites excluding steroid dienone is 1. The fourth-order valence-corrected chi connectivity index (χ4v) is 8.67. The normalized spacial score (nSPS) is 40.8. The quantitative estimate of drug-likeness (QED) is 0.419. The van der Waals surface area contributed by atoms with Gasteiger partial charge in [-0.2, -0.15) is 0 Å². The summed E-state index contributed by atoms with van der Waals surface area (Å²) in [5, 5.41) is 20.2. The number of aliphatic hydroxyl groups is 1. The summed E-state index contributed by atoms with van der Waals surface area (Å²) in [5.41, 5.74) is 2.12. The van der Waals surface area contributed by atoms with E-state index in [9.17, 15) is 14.7 Å². The standard InChI is InChI=1S/C27H43NO5/c1-17(5-10-24(30)28(33-4)16-25(31)32)21-8-9-22-20-7-6-18-15-19(29)11-13-26(18,2)23(20)12-14-27(21,22)3/h6,17,19-23,29H,5,7-16H2,1-4H3,(H,31,32)/t17-,19+,20+,21-,22+,23+,26+,27-/m1/s1. The van der Waals surface area contributed by atoms with E-state index in [0.29, 0.717) is 23.7 Å². The first-order valence-corrected chi connectivity index (χ1v) is 13.0. The second kappa shape index (κ2) is 9.33. The number of hydrogen-bond acceptors (Lipinski definition) is 4. The summed E-state index contributed by atoms with van der Waals surface area (Å²) in [6.07, 6.45) is 12.6. The lowest BCUT2D eigenvalue weighted by atomic mass is 9.47. The molecule has 33 heavy (non-hydrogen) atoms. The van der Waals surface area contributed by atoms with E-state index in [-0.39, 0.29) is 17.4 Å². The number of carbonyl (C=O) groups excluding carboxylic acids is 1. The Morgan fingerprint density at radius 1 is 1.18 bits per heavy atom. The maximum Gasteiger partial charge on any atom is 0.325 e. The van der Waals surface area contributed by atoms with Gasteiger partial charge in [0.15, 0.2) is 0 Å². The van der Waals surface area contributed by atoms with Gasteiger partial charge in [-0.25, -0.2) is 5.06 Å². The van der Waals surface area contributed by atoms with Crippen LogP contribution in [0.5, 0.6) is 0 Å². The highest BCUT2D eigenvalue weighted by atomic mass is 16.7. The number of aliphatic carboxylic acids is 1. The molecule has 0 aromatic rings. The maximum atomic E-state index is 12.5. The minimum Gasteiger partial charge on any atom is -0.480 e. The highest BCUT2D eigenvalue weighted by Crippen LogP contribution is 2.67. The monoisotopic (exact) mass is 461 g/mol. The number of nitrogens with zero attached hydrogens (tertiary/aromatic N) is 1. The van der Waals surface area contributed by atoms with Crippen molar-refractivity contribution < 1.29 is 24.6 Å². The molecule has 0 radical (unpaired) electrons. The predicted molar refractivity (Wildman–Crippen MR) is 126 cm³/mol. The zero-order valence-corrected chi connectivity index (χ0v) is 20.9. The first-order chi connectivity index (χ1) is 15.6. The third kappa shape index (κ3) is 4.38. The molecule has 3 saturated carbocycles. The zero-order chi connectivity index (χ0) is 24.0. The smallest absolute Gasteiger partial charge is 0.325 e. The van der Waals surface area contributed by atoms with Gasteiger partial charge in [0, 0.05) is 6.42 Å². The van der Waals surface area contributed by atoms with Crippen molar-refractivity contribution in [2.75, 3.05) is 13.7 Å². The molecule has 4 aliphatic carbocycles. The minimum atomic E-state index is -1.06. The fraction of sp³-hybridized carbons (Fsp3) is 0.852. The summed E-state index contributed by atoms with van der Waals surface area (Å²) in [4.78, 5) is 28.4. The first kappa shape index (κ1) is 24.7. The van der Waals surface area contributed by atoms with Gasteiger partial charge < -0.3 is 10.2 Å². The van der Waals surface area contributed by atoms with E-state index in [0.717, 1.165) is 48.5 Å². The molecule has 0 aliphatic heterocycles. The van der Waals surface area contributed by atoms with Crippen LogP contribution >= 0.6 is 0 Å². The molecule has 0 spiro atoms. The van der Waals surface area contributed by atoms with Crippen molar-refractivity contribution in [2.24, 2.45) is 40.4 Å². The minimum absolute atomic E-state index is 0.154. The topological polar surface area (TPSA) is 87.1 Å². The van der Waals surface area contributed by atoms with Gasteiger partial charge in [0.25, 0.3) is 0 Å². The van der Waals surface area contributed by atoms with Crippen LogP contribution in [0, 0.1) is 40.4 Å². The summed E-state index contributed by atoms with van der Waals surface area (Å²) in [6, 6.07) is 0. The van der Waals surface area contributed by atoms with Crippen LogP contribution in [-0.4, -0.2) is 46.9 Å². The summed E-state index contributed by atoms with van der Waals surface area (Å²) < 4.78 is 0. The van der Waals surface area contributed by atoms with Crippen molar-refractivity contribution >= 4 is 11.9 Å². The average Bonchev–Trinajstić information content (AvgIpc) is 3.13. The lowest BCUT2D eigenvalue weighted by molar-refractivity contribution is -0.183. The predicted octanol–water partition coefficient (Wildman–Crippen LogP) is 4.82. The van der Waals surface area contributed by atoms with Crippen LogP contribution in [0.3, 0.4) is 0 Å². The van der Waals surface area contributed by atoms with E-state index in [1.54, 1.807) is 0 Å². The number of hydroxylamine groups is 2. The second-order valence-electron chi connectivity index (χ2n) is 11.9. The van der Waals surface area contributed by atoms with Gasteiger partial charge in [-0.1, -0.05) is 32.4 Å². The average molecular weight is 462 g/mol. The van der Waals surface area contributed by atoms with Crippen molar-refractivity contribution in [1.29, 1.82) is 0 Å². The Morgan fingerprint density at radius 3 is 2.64 bits per heavy atom. The van der Waals surface area contributed by atoms with Crippen molar-refractivity contribution in [3.05, 3.63) is 11.6 Å². The highest BCUT2D eigenvalue weighted by molar-refractivity contribution is 5.80. The SMILES string of the molecule is CON(CC(=O)O)C(=O)CC[C@@H](C)[C@H]1CC[C@H]2[C@@H]3CC=C4C[C@@H](O)CC[C@]4(C)[C@H]3CC[C@]12C. The molecule has 0 heterocycles. The molecular formula is C27H43NO5. The van der Waals surface area contributed by atoms with Gasteiger partial charge in [0.2, 0.25) is 5.91 Å². The molecule has 6 heteroatoms. The molecule has 0 unspecified atom stereocenters. The van der Waals surface area contributed by atoms with Crippen LogP contribution in [0.1, 0.15) is 85.0 Å². The van der Waals surface area contributed by atoms with Crippen molar-refractivity contribution in [1.82, 2.24) is 5.06 Å². The van der Waals surface area contributed by atoms with E-state index in [4.69, 9.17) is 9.94 Å². The van der Waals surface area contributed by atoms with E-state index < -0.39 is 12.5 Å². The van der Waals surface area contributed by atoms with E-state index in [2.05, 4.69) is 26.8 Å². The Kier molecular flexibility index (Phi) is 6.99. The summed E-state index contributed by atoms with van der Waals surface area (Å²) in [6.45, 7) is 6.86. The molecule has 1 amide bonds. The molecule has 186 valence electrons. The summed E-state index contributed by atoms with van der Waals surface area (Å²) in [5.74, 6) is 1.95. The number of fused-ring (bicyclic) bond motifs is 5. The fourth-order valence-electron chi connectivity index (χ4n) is 8.67. The molecule has 8 atom stereocenters. The molecule has 0 aromatic heterocycles. The summed E-state index contributed by atoms with van der Waals surface area (Å²) in [7, 11) is 1.35. The molecule has 6 nitrogen and oxygen atoms in total. The van der Waals surface area contributed by atoms with Crippen molar-refractivity contribution in [2.45, 2.75) is 91.1 Å². The van der Waals surface area contributed by atoms with Gasteiger partial charge in [-0.15, -0.1) is 0 Å². The van der Waals surface area contributed by atoms with Crippen LogP contribution in [-0.2, 0) is 14.4 Å². The number of carboxylic acids is 1. The van der Waals surface area contributed by atoms with Gasteiger partial charge in [0.1, 0.15) is 6.54 Å². The molecule has 3 fully saturated rings. The Hall–Kier alpha value is -1.40. The van der Waals surface area contributed by atoms with Crippen LogP contribution in [0.25, 0.3) is 0 Å². The Balaban J connectivity index is 1.42. The van der Waals surface area contributed by atoms with Crippen molar-refractivity contribution in [3.63, 3.8) is 0 Å². The molecule has 0 saturated heterocycles. The first-order valence-electron chi connectivity index (χ1n) is 13.0. The van der Waals surface area contributed by atoms with Crippen LogP contribution in [0.2, 0.25) is 0 Å². The van der Waals surface area contributed by atoms with Gasteiger partial charge in [-0.05, 0) is 98.2 Å².